The van der Waals surface area contributed by atoms with Crippen molar-refractivity contribution in [3.8, 4) is 5.75 Å². The van der Waals surface area contributed by atoms with E-state index in [2.05, 4.69) is 45.2 Å². The van der Waals surface area contributed by atoms with Gasteiger partial charge in [-0.1, -0.05) is 42.5 Å². The quantitative estimate of drug-likeness (QED) is 0.566. The van der Waals surface area contributed by atoms with Gasteiger partial charge < -0.3 is 20.7 Å². The van der Waals surface area contributed by atoms with Crippen LogP contribution in [0.2, 0.25) is 0 Å². The van der Waals surface area contributed by atoms with Gasteiger partial charge in [0.25, 0.3) is 5.91 Å². The Bertz CT molecular complexity index is 1000. The van der Waals surface area contributed by atoms with Crippen LogP contribution in [0.5, 0.6) is 5.75 Å². The Morgan fingerprint density at radius 1 is 0.900 bits per heavy atom. The van der Waals surface area contributed by atoms with E-state index in [0.717, 1.165) is 36.8 Å². The lowest BCUT2D eigenvalue weighted by Crippen LogP contribution is -2.26. The first-order valence-electron chi connectivity index (χ1n) is 9.95. The Hall–Kier alpha value is -3.80. The van der Waals surface area contributed by atoms with Crippen LogP contribution in [0.25, 0.3) is 0 Å². The fourth-order valence-corrected chi connectivity index (χ4v) is 3.13. The zero-order valence-corrected chi connectivity index (χ0v) is 16.6. The highest BCUT2D eigenvalue weighted by Gasteiger charge is 2.06. The first kappa shape index (κ1) is 19.5. The molecule has 0 aliphatic carbocycles. The molecule has 30 heavy (non-hydrogen) atoms. The van der Waals surface area contributed by atoms with Crippen molar-refractivity contribution in [2.75, 3.05) is 30.3 Å². The van der Waals surface area contributed by atoms with Crippen molar-refractivity contribution in [2.45, 2.75) is 6.42 Å². The number of nitrogens with one attached hydrogen (secondary N) is 3. The third kappa shape index (κ3) is 5.61. The molecule has 0 aromatic heterocycles. The van der Waals surface area contributed by atoms with E-state index in [-0.39, 0.29) is 12.5 Å². The number of guanidine groups is 1. The number of carbonyl (C=O) groups is 1. The fraction of sp³-hybridized carbons (Fsp3) is 0.167. The summed E-state index contributed by atoms with van der Waals surface area (Å²) in [5, 5.41) is 9.27. The van der Waals surface area contributed by atoms with Crippen LogP contribution in [0.4, 0.5) is 11.4 Å². The summed E-state index contributed by atoms with van der Waals surface area (Å²) in [7, 11) is 0. The topological polar surface area (TPSA) is 74.8 Å². The molecule has 0 saturated carbocycles. The van der Waals surface area contributed by atoms with Crippen LogP contribution in [-0.2, 0) is 11.2 Å². The molecule has 0 fully saturated rings. The molecule has 3 aromatic carbocycles. The number of carbonyl (C=O) groups excluding carboxylic acids is 1. The van der Waals surface area contributed by atoms with Gasteiger partial charge in [0.2, 0.25) is 0 Å². The fourth-order valence-electron chi connectivity index (χ4n) is 3.13. The maximum absolute atomic E-state index is 12.0. The summed E-state index contributed by atoms with van der Waals surface area (Å²) in [6, 6.07) is 25.5. The minimum atomic E-state index is -0.183. The lowest BCUT2D eigenvalue weighted by atomic mass is 10.0. The number of para-hydroxylation sites is 1. The molecule has 0 bridgehead atoms. The minimum Gasteiger partial charge on any atom is -0.484 e. The highest BCUT2D eigenvalue weighted by molar-refractivity contribution is 5.94. The molecular weight excluding hydrogens is 376 g/mol. The van der Waals surface area contributed by atoms with Crippen LogP contribution in [0.1, 0.15) is 11.1 Å². The SMILES string of the molecule is O=C(COc1ccc(Cc2ccc(NC3=NCCN3)cc2)cc1)Nc1ccccc1. The van der Waals surface area contributed by atoms with Crippen LogP contribution in [0.15, 0.2) is 83.9 Å². The highest BCUT2D eigenvalue weighted by atomic mass is 16.5. The number of ether oxygens (including phenoxy) is 1. The lowest BCUT2D eigenvalue weighted by molar-refractivity contribution is -0.118. The Morgan fingerprint density at radius 3 is 2.27 bits per heavy atom. The van der Waals surface area contributed by atoms with E-state index in [0.29, 0.717) is 5.75 Å². The van der Waals surface area contributed by atoms with Crippen molar-refractivity contribution in [3.63, 3.8) is 0 Å². The van der Waals surface area contributed by atoms with Gasteiger partial charge in [0.15, 0.2) is 12.6 Å². The van der Waals surface area contributed by atoms with E-state index >= 15 is 0 Å². The molecule has 4 rings (SSSR count). The summed E-state index contributed by atoms with van der Waals surface area (Å²) >= 11 is 0. The van der Waals surface area contributed by atoms with Crippen molar-refractivity contribution < 1.29 is 9.53 Å². The molecule has 1 aliphatic heterocycles. The molecule has 6 nitrogen and oxygen atoms in total. The Morgan fingerprint density at radius 2 is 1.60 bits per heavy atom. The van der Waals surface area contributed by atoms with E-state index in [1.54, 1.807) is 0 Å². The zero-order chi connectivity index (χ0) is 20.6. The minimum absolute atomic E-state index is 0.0249. The second-order valence-corrected chi connectivity index (χ2v) is 7.00. The Kier molecular flexibility index (Phi) is 6.25. The molecule has 0 spiro atoms. The molecule has 1 aliphatic rings. The van der Waals surface area contributed by atoms with E-state index in [4.69, 9.17) is 4.74 Å². The summed E-state index contributed by atoms with van der Waals surface area (Å²) in [6.45, 7) is 1.68. The van der Waals surface area contributed by atoms with Crippen LogP contribution < -0.4 is 20.7 Å². The predicted molar refractivity (Wildman–Crippen MR) is 120 cm³/mol. The van der Waals surface area contributed by atoms with Gasteiger partial charge in [-0.05, 0) is 53.9 Å². The average molecular weight is 400 g/mol. The van der Waals surface area contributed by atoms with Gasteiger partial charge in [-0.25, -0.2) is 0 Å². The van der Waals surface area contributed by atoms with Crippen LogP contribution in [0, 0.1) is 0 Å². The molecule has 0 saturated heterocycles. The second-order valence-electron chi connectivity index (χ2n) is 7.00. The van der Waals surface area contributed by atoms with Crippen LogP contribution >= 0.6 is 0 Å². The van der Waals surface area contributed by atoms with Crippen molar-refractivity contribution in [1.29, 1.82) is 0 Å². The molecule has 3 aromatic rings. The molecule has 0 unspecified atom stereocenters. The Labute approximate surface area is 176 Å². The number of anilines is 2. The normalized spacial score (nSPS) is 12.6. The van der Waals surface area contributed by atoms with Gasteiger partial charge in [-0.3, -0.25) is 9.79 Å². The monoisotopic (exact) mass is 400 g/mol. The molecule has 6 heteroatoms. The van der Waals surface area contributed by atoms with Crippen molar-refractivity contribution in [3.05, 3.63) is 90.0 Å². The van der Waals surface area contributed by atoms with Crippen molar-refractivity contribution in [2.24, 2.45) is 4.99 Å². The predicted octanol–water partition coefficient (Wildman–Crippen LogP) is 3.67. The Balaban J connectivity index is 1.25. The summed E-state index contributed by atoms with van der Waals surface area (Å²) in [5.74, 6) is 1.32. The second kappa shape index (κ2) is 9.60. The molecular formula is C24H24N4O2. The van der Waals surface area contributed by atoms with Gasteiger partial charge in [0, 0.05) is 17.9 Å². The number of rotatable bonds is 7. The number of benzene rings is 3. The summed E-state index contributed by atoms with van der Waals surface area (Å²) in [6.07, 6.45) is 0.828. The number of nitrogens with zero attached hydrogens (tertiary/aromatic N) is 1. The van der Waals surface area contributed by atoms with E-state index < -0.39 is 0 Å². The summed E-state index contributed by atoms with van der Waals surface area (Å²) < 4.78 is 5.59. The van der Waals surface area contributed by atoms with Gasteiger partial charge in [-0.2, -0.15) is 0 Å². The third-order valence-corrected chi connectivity index (χ3v) is 4.65. The smallest absolute Gasteiger partial charge is 0.262 e. The van der Waals surface area contributed by atoms with Crippen LogP contribution in [0.3, 0.4) is 0 Å². The largest absolute Gasteiger partial charge is 0.484 e. The van der Waals surface area contributed by atoms with Gasteiger partial charge in [-0.15, -0.1) is 0 Å². The molecule has 1 amide bonds. The zero-order valence-electron chi connectivity index (χ0n) is 16.6. The van der Waals surface area contributed by atoms with Gasteiger partial charge >= 0.3 is 0 Å². The maximum atomic E-state index is 12.0. The number of amides is 1. The van der Waals surface area contributed by atoms with Gasteiger partial charge in [0.05, 0.1) is 6.54 Å². The lowest BCUT2D eigenvalue weighted by Gasteiger charge is -2.09. The number of hydrogen-bond donors (Lipinski definition) is 3. The average Bonchev–Trinajstić information content (AvgIpc) is 3.28. The number of aliphatic imine (C=N–C) groups is 1. The first-order chi connectivity index (χ1) is 14.7. The van der Waals surface area contributed by atoms with Crippen molar-refractivity contribution in [1.82, 2.24) is 5.32 Å². The van der Waals surface area contributed by atoms with E-state index in [1.165, 1.54) is 11.1 Å². The maximum Gasteiger partial charge on any atom is 0.262 e. The van der Waals surface area contributed by atoms with Crippen LogP contribution in [-0.4, -0.2) is 31.6 Å². The molecule has 3 N–H and O–H groups in total. The van der Waals surface area contributed by atoms with E-state index in [1.807, 2.05) is 54.6 Å². The molecule has 1 heterocycles. The number of hydrogen-bond acceptors (Lipinski definition) is 5. The highest BCUT2D eigenvalue weighted by Crippen LogP contribution is 2.17. The standard InChI is InChI=1S/C24H24N4O2/c29-23(27-20-4-2-1-3-5-20)17-30-22-12-8-19(9-13-22)16-18-6-10-21(11-7-18)28-24-25-14-15-26-24/h1-13H,14-17H2,(H,27,29)(H2,25,26,28). The van der Waals surface area contributed by atoms with Gasteiger partial charge in [0.1, 0.15) is 5.75 Å². The third-order valence-electron chi connectivity index (χ3n) is 4.65. The van der Waals surface area contributed by atoms with E-state index in [9.17, 15) is 4.79 Å². The molecule has 0 radical (unpaired) electrons. The molecule has 152 valence electrons. The molecule has 0 atom stereocenters. The first-order valence-corrected chi connectivity index (χ1v) is 9.95. The van der Waals surface area contributed by atoms with Crippen molar-refractivity contribution >= 4 is 23.2 Å². The summed E-state index contributed by atoms with van der Waals surface area (Å²) in [4.78, 5) is 16.3. The summed E-state index contributed by atoms with van der Waals surface area (Å²) in [5.41, 5.74) is 4.18.